The second kappa shape index (κ2) is 43.0. The molecule has 0 aromatic carbocycles. The molecule has 57 heteroatoms. The average Bonchev–Trinajstić information content (AvgIpc) is 1.28. The van der Waals surface area contributed by atoms with Crippen LogP contribution < -0.4 is 120 Å². The Labute approximate surface area is 723 Å². The largest absolute Gasteiger partial charge is 1.00 e. The summed E-state index contributed by atoms with van der Waals surface area (Å²) in [6.45, 7) is -12.0. The van der Waals surface area contributed by atoms with E-state index in [1.807, 2.05) is 0 Å². The molecule has 3 amide bonds. The normalized spacial score (nSPS) is 39.1. The molecule has 0 radical (unpaired) electrons. The molecule has 54 nitrogen and oxygen atoms in total. The van der Waals surface area contributed by atoms with Gasteiger partial charge in [-0.05, 0) is 0 Å². The maximum Gasteiger partial charge on any atom is 1.00 e. The minimum absolute atomic E-state index is 0. The number of nitrogens with one attached hydrogen (secondary N) is 3. The number of hydrogen-bond donors (Lipinski definition) is 24. The number of carbonyl (C=O) groups excluding carboxylic acids is 6. The van der Waals surface area contributed by atoms with Crippen LogP contribution in [0.3, 0.4) is 0 Å². The molecule has 10 aliphatic rings. The van der Waals surface area contributed by atoms with Gasteiger partial charge in [0.25, 0.3) is 0 Å². The first-order valence-electron chi connectivity index (χ1n) is 34.9. The number of carbonyl (C=O) groups is 6. The van der Waals surface area contributed by atoms with Crippen molar-refractivity contribution in [3.05, 3.63) is 35.7 Å². The zero-order valence-corrected chi connectivity index (χ0v) is 68.1. The third kappa shape index (κ3) is 23.1. The molecule has 117 heavy (non-hydrogen) atoms. The monoisotopic (exact) mass is 1720 g/mol. The van der Waals surface area contributed by atoms with Crippen molar-refractivity contribution in [2.75, 3.05) is 39.6 Å². The van der Waals surface area contributed by atoms with Crippen LogP contribution in [0.25, 0.3) is 0 Å². The minimum Gasteiger partial charge on any atom is -0.544 e. The van der Waals surface area contributed by atoms with E-state index in [1.165, 1.54) is 0 Å². The van der Waals surface area contributed by atoms with Gasteiger partial charge in [0.15, 0.2) is 18.9 Å². The molecule has 0 spiro atoms. The van der Waals surface area contributed by atoms with Crippen LogP contribution in [0.4, 0.5) is 0 Å². The van der Waals surface area contributed by atoms with Gasteiger partial charge in [0.05, 0.1) is 114 Å². The van der Waals surface area contributed by atoms with Crippen molar-refractivity contribution in [3.8, 4) is 0 Å². The molecular weight excluding hydrogens is 1630 g/mol. The molecule has 0 saturated carbocycles. The van der Waals surface area contributed by atoms with Gasteiger partial charge in [-0.25, -0.2) is 14.0 Å². The Balaban J connectivity index is 0.00000630. The van der Waals surface area contributed by atoms with Gasteiger partial charge >= 0.3 is 88.7 Å². The van der Waals surface area contributed by atoms with E-state index in [-0.39, 0.29) is 106 Å². The van der Waals surface area contributed by atoms with E-state index in [2.05, 4.69) is 46.9 Å². The van der Waals surface area contributed by atoms with Crippen LogP contribution in [0.15, 0.2) is 18.6 Å². The summed E-state index contributed by atoms with van der Waals surface area (Å²) < 4.78 is 69.8. The predicted molar refractivity (Wildman–Crippen MR) is 335 cm³/mol. The molecule has 0 unspecified atom stereocenters. The van der Waals surface area contributed by atoms with Crippen LogP contribution in [-0.2, 0) is 125 Å². The molecule has 3 aromatic rings. The summed E-state index contributed by atoms with van der Waals surface area (Å²) >= 11 is 0. The molecule has 18 bridgehead atoms. The number of carboxylic acids is 3. The first kappa shape index (κ1) is 100. The minimum atomic E-state index is -3.23. The van der Waals surface area contributed by atoms with E-state index in [1.54, 1.807) is 0 Å². The van der Waals surface area contributed by atoms with Crippen LogP contribution in [-0.4, -0.2) is 428 Å². The fraction of sp³-hybridized carbons (Fsp3) is 0.800. The number of nitrogens with zero attached hydrogens (tertiary/aromatic N) is 9. The van der Waals surface area contributed by atoms with Crippen molar-refractivity contribution >= 4 is 35.6 Å². The molecule has 6 fully saturated rings. The number of carboxylic acid groups (broad SMARTS) is 3. The van der Waals surface area contributed by atoms with Crippen LogP contribution in [0.5, 0.6) is 0 Å². The first-order chi connectivity index (χ1) is 53.9. The van der Waals surface area contributed by atoms with E-state index in [4.69, 9.17) is 56.8 Å². The van der Waals surface area contributed by atoms with Crippen molar-refractivity contribution < 1.29 is 297 Å². The number of aliphatic carboxylic acids is 3. The van der Waals surface area contributed by atoms with Gasteiger partial charge in [0.1, 0.15) is 183 Å². The van der Waals surface area contributed by atoms with Gasteiger partial charge in [0.2, 0.25) is 35.1 Å². The first-order valence-corrected chi connectivity index (χ1v) is 34.9. The Hall–Kier alpha value is -4.08. The van der Waals surface area contributed by atoms with Gasteiger partial charge in [-0.2, -0.15) is 0 Å². The molecule has 10 aliphatic heterocycles. The van der Waals surface area contributed by atoms with Crippen LogP contribution in [0.2, 0.25) is 0 Å². The molecular formula is C60H87N12Na3O42. The van der Waals surface area contributed by atoms with Gasteiger partial charge in [-0.3, -0.25) is 14.4 Å². The van der Waals surface area contributed by atoms with Gasteiger partial charge < -0.3 is 210 Å². The van der Waals surface area contributed by atoms with Crippen molar-refractivity contribution in [1.82, 2.24) is 60.9 Å². The van der Waals surface area contributed by atoms with Gasteiger partial charge in [-0.1, -0.05) is 15.6 Å². The van der Waals surface area contributed by atoms with Crippen LogP contribution in [0.1, 0.15) is 36.3 Å². The summed E-state index contributed by atoms with van der Waals surface area (Å²) in [6, 6.07) is -5.76. The maximum atomic E-state index is 13.7. The number of hydrogen-bond acceptors (Lipinski definition) is 48. The Morgan fingerprint density at radius 3 is 0.872 bits per heavy atom. The topological polar surface area (TPSA) is 835 Å². The smallest absolute Gasteiger partial charge is 0.544 e. The van der Waals surface area contributed by atoms with E-state index in [9.17, 15) is 151 Å². The third-order valence-electron chi connectivity index (χ3n) is 19.7. The Kier molecular flexibility index (Phi) is 36.8. The molecule has 24 N–H and O–H groups in total. The number of ether oxygens (including phenoxy) is 12. The van der Waals surface area contributed by atoms with Gasteiger partial charge in [-0.15, -0.1) is 15.3 Å². The van der Waals surface area contributed by atoms with E-state index >= 15 is 0 Å². The second-order valence-electron chi connectivity index (χ2n) is 27.8. The summed E-state index contributed by atoms with van der Waals surface area (Å²) in [5, 5.41) is 297. The summed E-state index contributed by atoms with van der Waals surface area (Å²) in [5.74, 6) is -20.0. The Morgan fingerprint density at radius 2 is 0.650 bits per heavy atom. The van der Waals surface area contributed by atoms with Crippen molar-refractivity contribution in [1.29, 1.82) is 0 Å². The molecule has 3 aromatic heterocycles. The molecule has 0 aliphatic carbocycles. The van der Waals surface area contributed by atoms with Crippen LogP contribution in [0, 0.1) is 0 Å². The maximum absolute atomic E-state index is 13.7. The number of aromatic nitrogens is 9. The summed E-state index contributed by atoms with van der Waals surface area (Å²) in [5.41, 5.74) is -0.548. The number of fused-ring (bicyclic) bond motifs is 3. The zero-order valence-electron chi connectivity index (χ0n) is 62.1. The predicted octanol–water partition coefficient (Wildman–Crippen LogP) is -31.7. The summed E-state index contributed by atoms with van der Waals surface area (Å²) in [4.78, 5) is 80.1. The molecule has 13 heterocycles. The third-order valence-corrected chi connectivity index (χ3v) is 19.7. The quantitative estimate of drug-likeness (QED) is 0.0749. The summed E-state index contributed by atoms with van der Waals surface area (Å²) in [7, 11) is 0. The Morgan fingerprint density at radius 1 is 0.410 bits per heavy atom. The van der Waals surface area contributed by atoms with E-state index in [0.29, 0.717) is 0 Å². The van der Waals surface area contributed by atoms with Gasteiger partial charge in [0, 0.05) is 19.3 Å². The van der Waals surface area contributed by atoms with Crippen molar-refractivity contribution in [3.63, 3.8) is 0 Å². The van der Waals surface area contributed by atoms with Crippen LogP contribution >= 0.6 is 0 Å². The fourth-order valence-electron chi connectivity index (χ4n) is 13.4. The molecule has 13 rings (SSSR count). The van der Waals surface area contributed by atoms with Crippen molar-refractivity contribution in [2.24, 2.45) is 0 Å². The zero-order chi connectivity index (χ0) is 83.3. The summed E-state index contributed by atoms with van der Waals surface area (Å²) in [6.07, 6.45) is -58.6. The molecule has 6 saturated heterocycles. The number of rotatable bonds is 12. The fourth-order valence-corrected chi connectivity index (χ4v) is 13.4. The van der Waals surface area contributed by atoms with Crippen molar-refractivity contribution in [2.45, 2.75) is 260 Å². The van der Waals surface area contributed by atoms with E-state index in [0.717, 1.165) is 32.6 Å². The average molecular weight is 1720 g/mol. The van der Waals surface area contributed by atoms with E-state index < -0.39 is 335 Å². The number of aliphatic hydroxyl groups excluding tert-OH is 21. The second-order valence-corrected chi connectivity index (χ2v) is 27.8. The number of amides is 3. The number of aliphatic hydroxyl groups is 21. The standard InChI is InChI=1S/C60H90N12O42.3Na/c73-10-25(79)37(85)49-34-22(76)1-58(112-49,55(97)98)106-16-28-40(88)43(91)46(94)52(109-28)103-13-20-5-71(68-65-20)8-32(83)62-35-23(77)2-60(57(101)102,113-50(35)38(86)26(80)11-74)108-18-30-42(90)45(93)48(96)54(111-30)105-15-21-6-72(69-66-21)9-33(84)63-36-24(78)3-59(56(99)100,114-51(36)39(87)27(81)12-75)107-17-29-41(89)44(92)47(95)53(110-29)104-14-19-4-70(67-64-19)7-31(82)61-34;;;/h4-6,22-30,34-54,73-81,85-96H,1-3,7-18H2,(H,61,82)(H,62,83)(H,63,84)(H,97,98)(H,99,100)(H,101,102);;;/q;3*+1/p-3/t22-,23-,24-,25+,26+,27+,28+,29+,30+,34+,35+,36+,37+,38+,39+,40-,41-,42-,43-,44-,45-,46+,47+,48+,49+,50+,51+,52+,53+,54+,58+,59+,60+;;;/m0.../s1. The molecule has 642 valence electrons. The SMILES string of the molecule is O=C1Cn2cc(nn2)CO[C@@H]2O[C@H](CO[C@]3(C(=O)[O-])C[C@H](O)[C@@H](NC(=O)Cn4cc(nn4)CO[C@@H]4O[C@H](CO[C@]5(C(=O)[O-])C[C@H](O)[C@@H](NC(=O)Cn6cc(nn6)CO[C@@H]6O[C@H](CO[C@]7(C(=O)[O-])C[C@H](O)[C@@H](N1)[C@H]([C@H](O)[C@H](O)CO)O7)[C@H](O)[C@H](O)[C@H]6O)[C@H]([C@H](O)[C@H](O)CO)O5)[C@H](O)[C@H](O)[C@H]4O)[C@H]([C@H](O)[C@H](O)CO)O3)[C@H](O)[C@H](O)[C@H]2O.[Na+].[Na+].[Na+]. The molecule has 33 atom stereocenters. The Bertz CT molecular complexity index is 3380.